The first-order valence-electron chi connectivity index (χ1n) is 13.9. The second-order valence-electron chi connectivity index (χ2n) is 13.0. The number of hydrogen-bond donors (Lipinski definition) is 1. The fraction of sp³-hybridized carbons (Fsp3) is 0.733. The maximum atomic E-state index is 13.7. The van der Waals surface area contributed by atoms with Crippen molar-refractivity contribution in [3.8, 4) is 0 Å². The molecular weight excluding hydrogens is 436 g/mol. The number of benzene rings is 1. The second kappa shape index (κ2) is 8.41. The molecule has 1 aromatic carbocycles. The second-order valence-corrected chi connectivity index (χ2v) is 13.0. The van der Waals surface area contributed by atoms with Gasteiger partial charge in [-0.15, -0.1) is 0 Å². The third kappa shape index (κ3) is 3.63. The summed E-state index contributed by atoms with van der Waals surface area (Å²) >= 11 is 0. The van der Waals surface area contributed by atoms with Crippen LogP contribution in [0.3, 0.4) is 0 Å². The van der Waals surface area contributed by atoms with Gasteiger partial charge in [-0.1, -0.05) is 25.1 Å². The summed E-state index contributed by atoms with van der Waals surface area (Å²) in [5.74, 6) is 3.05. The molecule has 4 fully saturated rings. The van der Waals surface area contributed by atoms with Crippen LogP contribution in [0.2, 0.25) is 0 Å². The van der Waals surface area contributed by atoms with Gasteiger partial charge >= 0.3 is 0 Å². The highest BCUT2D eigenvalue weighted by Crippen LogP contribution is 2.68. The molecule has 0 radical (unpaired) electrons. The predicted molar refractivity (Wildman–Crippen MR) is 137 cm³/mol. The average Bonchev–Trinajstić information content (AvgIpc) is 3.40. The molecule has 190 valence electrons. The highest BCUT2D eigenvalue weighted by molar-refractivity contribution is 5.85. The highest BCUT2D eigenvalue weighted by atomic mass is 16.5. The fourth-order valence-corrected chi connectivity index (χ4v) is 9.72. The van der Waals surface area contributed by atoms with Gasteiger partial charge < -0.3 is 9.84 Å². The quantitative estimate of drug-likeness (QED) is 0.604. The van der Waals surface area contributed by atoms with E-state index in [1.165, 1.54) is 25.7 Å². The summed E-state index contributed by atoms with van der Waals surface area (Å²) in [6.07, 6.45) is 11.8. The van der Waals surface area contributed by atoms with Crippen molar-refractivity contribution in [1.29, 1.82) is 0 Å². The summed E-state index contributed by atoms with van der Waals surface area (Å²) in [5.41, 5.74) is 0.830. The number of ether oxygens (including phenoxy) is 1. The number of aromatic nitrogens is 2. The van der Waals surface area contributed by atoms with E-state index in [2.05, 4.69) is 24.2 Å². The van der Waals surface area contributed by atoms with Gasteiger partial charge in [-0.05, 0) is 105 Å². The Labute approximate surface area is 209 Å². The molecule has 0 bridgehead atoms. The zero-order valence-corrected chi connectivity index (χ0v) is 21.7. The lowest BCUT2D eigenvalue weighted by molar-refractivity contribution is -0.175. The zero-order valence-electron chi connectivity index (χ0n) is 21.7. The number of Topliss-reactive ketones (excluding diaryl/α,β-unsaturated/α-hetero) is 1. The molecule has 6 rings (SSSR count). The lowest BCUT2D eigenvalue weighted by Crippen LogP contribution is -2.58. The molecule has 5 nitrogen and oxygen atoms in total. The first-order valence-corrected chi connectivity index (χ1v) is 13.9. The molecule has 0 amide bonds. The van der Waals surface area contributed by atoms with E-state index in [9.17, 15) is 9.90 Å². The SMILES string of the molecule is COC[C@]12CC[C@@](C)(O)C[C@H]1CC[C@H]1[C@@H]3CC[C@H](C(=O)Cn4ncc5ccccc54)[C@@]3(C)CC[C@@H]12. The number of nitrogens with zero attached hydrogens (tertiary/aromatic N) is 2. The Morgan fingerprint density at radius 1 is 1.09 bits per heavy atom. The highest BCUT2D eigenvalue weighted by Gasteiger charge is 2.63. The standard InChI is InChI=1S/C30H42N2O3/c1-28(34)14-15-30(19-35-3)21(16-28)8-9-22-23-10-11-25(29(23,2)13-12-24(22)30)27(33)18-32-26-7-5-4-6-20(26)17-31-32/h4-7,17,21-25,34H,8-16,18-19H2,1-3H3/t21-,22+,23+,24+,25-,28-,29+,30-/m1/s1. The number of para-hydroxylation sites is 1. The van der Waals surface area contributed by atoms with Gasteiger partial charge in [0.2, 0.25) is 0 Å². The molecule has 4 saturated carbocycles. The Morgan fingerprint density at radius 2 is 1.91 bits per heavy atom. The van der Waals surface area contributed by atoms with E-state index in [1.807, 2.05) is 37.0 Å². The van der Waals surface area contributed by atoms with Crippen molar-refractivity contribution in [3.05, 3.63) is 30.5 Å². The Morgan fingerprint density at radius 3 is 2.74 bits per heavy atom. The maximum absolute atomic E-state index is 13.7. The number of fused-ring (bicyclic) bond motifs is 6. The van der Waals surface area contributed by atoms with Crippen LogP contribution < -0.4 is 0 Å². The topological polar surface area (TPSA) is 64.3 Å². The molecule has 0 spiro atoms. The molecule has 4 aliphatic rings. The third-order valence-electron chi connectivity index (χ3n) is 11.3. The van der Waals surface area contributed by atoms with Crippen LogP contribution in [-0.4, -0.2) is 40.0 Å². The summed E-state index contributed by atoms with van der Waals surface area (Å²) in [6, 6.07) is 8.18. The molecule has 8 atom stereocenters. The smallest absolute Gasteiger partial charge is 0.157 e. The normalized spacial score (nSPS) is 42.9. The first kappa shape index (κ1) is 23.7. The first-order chi connectivity index (χ1) is 16.8. The van der Waals surface area contributed by atoms with Crippen molar-refractivity contribution in [3.63, 3.8) is 0 Å². The number of methoxy groups -OCH3 is 1. The molecule has 0 aliphatic heterocycles. The van der Waals surface area contributed by atoms with Crippen LogP contribution in [-0.2, 0) is 16.1 Å². The Hall–Kier alpha value is -1.72. The maximum Gasteiger partial charge on any atom is 0.157 e. The van der Waals surface area contributed by atoms with Crippen LogP contribution in [0, 0.1) is 40.4 Å². The van der Waals surface area contributed by atoms with Gasteiger partial charge in [-0.25, -0.2) is 0 Å². The monoisotopic (exact) mass is 478 g/mol. The fourth-order valence-electron chi connectivity index (χ4n) is 9.72. The van der Waals surface area contributed by atoms with Crippen LogP contribution in [0.15, 0.2) is 30.5 Å². The van der Waals surface area contributed by atoms with Crippen LogP contribution in [0.5, 0.6) is 0 Å². The van der Waals surface area contributed by atoms with Gasteiger partial charge in [0, 0.05) is 18.4 Å². The van der Waals surface area contributed by atoms with Crippen LogP contribution in [0.1, 0.15) is 71.6 Å². The molecule has 5 heteroatoms. The Kier molecular flexibility index (Phi) is 5.69. The number of ketones is 1. The number of carbonyl (C=O) groups is 1. The number of hydrogen-bond acceptors (Lipinski definition) is 4. The minimum absolute atomic E-state index is 0.0997. The van der Waals surface area contributed by atoms with Crippen LogP contribution in [0.25, 0.3) is 10.9 Å². The molecule has 1 heterocycles. The molecule has 4 aliphatic carbocycles. The minimum Gasteiger partial charge on any atom is -0.390 e. The molecule has 2 aromatic rings. The molecule has 35 heavy (non-hydrogen) atoms. The van der Waals surface area contributed by atoms with Crippen LogP contribution in [0.4, 0.5) is 0 Å². The van der Waals surface area contributed by atoms with Gasteiger partial charge in [-0.3, -0.25) is 9.48 Å². The lowest BCUT2D eigenvalue weighted by Gasteiger charge is -2.62. The lowest BCUT2D eigenvalue weighted by atomic mass is 9.43. The van der Waals surface area contributed by atoms with Gasteiger partial charge in [0.15, 0.2) is 5.78 Å². The Bertz CT molecular complexity index is 1110. The molecular formula is C30H42N2O3. The predicted octanol–water partition coefficient (Wildman–Crippen LogP) is 5.64. The van der Waals surface area contributed by atoms with Gasteiger partial charge in [0.05, 0.1) is 23.9 Å². The zero-order chi connectivity index (χ0) is 24.4. The van der Waals surface area contributed by atoms with E-state index in [1.54, 1.807) is 0 Å². The number of carbonyl (C=O) groups excluding carboxylic acids is 1. The minimum atomic E-state index is -0.528. The molecule has 0 unspecified atom stereocenters. The van der Waals surface area contributed by atoms with E-state index in [0.717, 1.165) is 49.6 Å². The average molecular weight is 479 g/mol. The summed E-state index contributed by atoms with van der Waals surface area (Å²) in [7, 11) is 1.86. The number of rotatable bonds is 5. The summed E-state index contributed by atoms with van der Waals surface area (Å²) in [6.45, 7) is 5.68. The van der Waals surface area contributed by atoms with Gasteiger partial charge in [0.1, 0.15) is 6.54 Å². The van der Waals surface area contributed by atoms with E-state index in [0.29, 0.717) is 36.0 Å². The van der Waals surface area contributed by atoms with Gasteiger partial charge in [0.25, 0.3) is 0 Å². The molecule has 1 aromatic heterocycles. The van der Waals surface area contributed by atoms with Crippen molar-refractivity contribution >= 4 is 16.7 Å². The van der Waals surface area contributed by atoms with E-state index < -0.39 is 5.60 Å². The molecule has 1 N–H and O–H groups in total. The summed E-state index contributed by atoms with van der Waals surface area (Å²) in [5, 5.41) is 16.5. The van der Waals surface area contributed by atoms with E-state index in [4.69, 9.17) is 4.74 Å². The van der Waals surface area contributed by atoms with Crippen molar-refractivity contribution in [2.45, 2.75) is 83.8 Å². The van der Waals surface area contributed by atoms with Gasteiger partial charge in [-0.2, -0.15) is 5.10 Å². The van der Waals surface area contributed by atoms with Crippen molar-refractivity contribution in [2.24, 2.45) is 40.4 Å². The van der Waals surface area contributed by atoms with E-state index in [-0.39, 0.29) is 16.7 Å². The van der Waals surface area contributed by atoms with E-state index >= 15 is 0 Å². The van der Waals surface area contributed by atoms with Crippen molar-refractivity contribution in [2.75, 3.05) is 13.7 Å². The van der Waals surface area contributed by atoms with Crippen molar-refractivity contribution in [1.82, 2.24) is 9.78 Å². The Balaban J connectivity index is 1.24. The van der Waals surface area contributed by atoms with Crippen LogP contribution >= 0.6 is 0 Å². The van der Waals surface area contributed by atoms with Crippen molar-refractivity contribution < 1.29 is 14.6 Å². The third-order valence-corrected chi connectivity index (χ3v) is 11.3. The summed E-state index contributed by atoms with van der Waals surface area (Å²) < 4.78 is 7.81. The largest absolute Gasteiger partial charge is 0.390 e. The summed E-state index contributed by atoms with van der Waals surface area (Å²) in [4.78, 5) is 13.7. The number of aliphatic hydroxyl groups is 1. The molecule has 0 saturated heterocycles.